The number of aryl methyl sites for hydroxylation is 1. The second kappa shape index (κ2) is 11.2. The van der Waals surface area contributed by atoms with Crippen molar-refractivity contribution in [2.75, 3.05) is 39.4 Å². The van der Waals surface area contributed by atoms with E-state index in [4.69, 9.17) is 9.47 Å². The van der Waals surface area contributed by atoms with Crippen LogP contribution in [0.1, 0.15) is 18.6 Å². The van der Waals surface area contributed by atoms with Crippen molar-refractivity contribution in [2.45, 2.75) is 13.0 Å². The van der Waals surface area contributed by atoms with Crippen LogP contribution in [0.15, 0.2) is 41.7 Å². The number of halogens is 2. The Morgan fingerprint density at radius 2 is 2.32 bits per heavy atom. The molecule has 0 amide bonds. The van der Waals surface area contributed by atoms with Crippen LogP contribution in [0, 0.1) is 5.82 Å². The summed E-state index contributed by atoms with van der Waals surface area (Å²) in [7, 11) is 1.90. The molecule has 7 nitrogen and oxygen atoms in total. The highest BCUT2D eigenvalue weighted by atomic mass is 127. The van der Waals surface area contributed by atoms with Gasteiger partial charge in [0.25, 0.3) is 0 Å². The lowest BCUT2D eigenvalue weighted by atomic mass is 10.1. The number of morpholine rings is 1. The number of benzene rings is 1. The Labute approximate surface area is 181 Å². The molecule has 0 bridgehead atoms. The minimum atomic E-state index is -0.306. The average Bonchev–Trinajstić information content (AvgIpc) is 3.11. The predicted molar refractivity (Wildman–Crippen MR) is 117 cm³/mol. The zero-order valence-electron chi connectivity index (χ0n) is 16.2. The van der Waals surface area contributed by atoms with Gasteiger partial charge >= 0.3 is 0 Å². The van der Waals surface area contributed by atoms with Crippen LogP contribution in [-0.4, -0.2) is 60.0 Å². The molecular formula is C19H27FIN5O2. The summed E-state index contributed by atoms with van der Waals surface area (Å²) in [5, 5.41) is 7.54. The fourth-order valence-corrected chi connectivity index (χ4v) is 2.95. The molecule has 1 aromatic carbocycles. The number of hydrogen-bond acceptors (Lipinski definition) is 4. The molecule has 0 saturated carbocycles. The summed E-state index contributed by atoms with van der Waals surface area (Å²) in [6, 6.07) is 6.13. The van der Waals surface area contributed by atoms with Crippen LogP contribution in [0.2, 0.25) is 0 Å². The number of nitrogens with one attached hydrogen (secondary N) is 1. The molecular weight excluding hydrogens is 476 g/mol. The molecule has 28 heavy (non-hydrogen) atoms. The highest BCUT2D eigenvalue weighted by Gasteiger charge is 2.25. The third-order valence-corrected chi connectivity index (χ3v) is 4.22. The minimum absolute atomic E-state index is 0. The van der Waals surface area contributed by atoms with E-state index in [0.29, 0.717) is 32.1 Å². The second-order valence-corrected chi connectivity index (χ2v) is 6.29. The van der Waals surface area contributed by atoms with Gasteiger partial charge in [-0.15, -0.1) is 24.0 Å². The zero-order chi connectivity index (χ0) is 19.1. The fourth-order valence-electron chi connectivity index (χ4n) is 2.95. The molecule has 1 aromatic heterocycles. The van der Waals surface area contributed by atoms with Crippen molar-refractivity contribution in [3.63, 3.8) is 0 Å². The highest BCUT2D eigenvalue weighted by Crippen LogP contribution is 2.21. The summed E-state index contributed by atoms with van der Waals surface area (Å²) >= 11 is 0. The molecule has 3 rings (SSSR count). The van der Waals surface area contributed by atoms with Crippen molar-refractivity contribution in [3.05, 3.63) is 48.0 Å². The Kier molecular flexibility index (Phi) is 8.97. The SMILES string of the molecule is CCNC(=NCCOc1cccc(F)c1)N1CCOC(c2cnn(C)c2)C1.I. The van der Waals surface area contributed by atoms with Crippen molar-refractivity contribution in [3.8, 4) is 5.75 Å². The Bertz CT molecular complexity index is 770. The van der Waals surface area contributed by atoms with Gasteiger partial charge in [-0.1, -0.05) is 6.07 Å². The maximum atomic E-state index is 13.2. The predicted octanol–water partition coefficient (Wildman–Crippen LogP) is 2.60. The van der Waals surface area contributed by atoms with Crippen LogP contribution in [0.5, 0.6) is 5.75 Å². The largest absolute Gasteiger partial charge is 0.492 e. The van der Waals surface area contributed by atoms with Crippen LogP contribution >= 0.6 is 24.0 Å². The number of aromatic nitrogens is 2. The van der Waals surface area contributed by atoms with Gasteiger partial charge in [0.1, 0.15) is 24.3 Å². The van der Waals surface area contributed by atoms with E-state index in [2.05, 4.69) is 20.3 Å². The van der Waals surface area contributed by atoms with Gasteiger partial charge in [-0.3, -0.25) is 4.68 Å². The molecule has 1 saturated heterocycles. The number of nitrogens with zero attached hydrogens (tertiary/aromatic N) is 4. The first-order valence-electron chi connectivity index (χ1n) is 9.17. The summed E-state index contributed by atoms with van der Waals surface area (Å²) in [4.78, 5) is 6.83. The van der Waals surface area contributed by atoms with E-state index < -0.39 is 0 Å². The number of ether oxygens (including phenoxy) is 2. The maximum Gasteiger partial charge on any atom is 0.194 e. The first-order valence-corrected chi connectivity index (χ1v) is 9.17. The number of hydrogen-bond donors (Lipinski definition) is 1. The van der Waals surface area contributed by atoms with Gasteiger partial charge < -0.3 is 19.7 Å². The van der Waals surface area contributed by atoms with Crippen LogP contribution in [0.3, 0.4) is 0 Å². The molecule has 1 fully saturated rings. The van der Waals surface area contributed by atoms with E-state index in [1.165, 1.54) is 12.1 Å². The van der Waals surface area contributed by atoms with Gasteiger partial charge in [0.2, 0.25) is 0 Å². The lowest BCUT2D eigenvalue weighted by Crippen LogP contribution is -2.48. The third kappa shape index (κ3) is 6.33. The normalized spacial score (nSPS) is 17.2. The molecule has 1 unspecified atom stereocenters. The molecule has 1 aliphatic heterocycles. The Morgan fingerprint density at radius 1 is 1.46 bits per heavy atom. The van der Waals surface area contributed by atoms with E-state index in [1.807, 2.05) is 26.4 Å². The van der Waals surface area contributed by atoms with Gasteiger partial charge in [0.15, 0.2) is 5.96 Å². The molecule has 2 aromatic rings. The fraction of sp³-hybridized carbons (Fsp3) is 0.474. The molecule has 0 aliphatic carbocycles. The van der Waals surface area contributed by atoms with E-state index in [0.717, 1.165) is 24.6 Å². The molecule has 154 valence electrons. The quantitative estimate of drug-likeness (QED) is 0.284. The molecule has 1 N–H and O–H groups in total. The molecule has 1 aliphatic rings. The van der Waals surface area contributed by atoms with Gasteiger partial charge in [-0.2, -0.15) is 5.10 Å². The lowest BCUT2D eigenvalue weighted by Gasteiger charge is -2.34. The molecule has 0 radical (unpaired) electrons. The van der Waals surface area contributed by atoms with Crippen LogP contribution < -0.4 is 10.1 Å². The van der Waals surface area contributed by atoms with E-state index in [-0.39, 0.29) is 35.9 Å². The Morgan fingerprint density at radius 3 is 3.04 bits per heavy atom. The van der Waals surface area contributed by atoms with E-state index in [1.54, 1.807) is 16.8 Å². The van der Waals surface area contributed by atoms with Crippen molar-refractivity contribution < 1.29 is 13.9 Å². The lowest BCUT2D eigenvalue weighted by molar-refractivity contribution is -0.00805. The summed E-state index contributed by atoms with van der Waals surface area (Å²) in [6.45, 7) is 5.79. The molecule has 2 heterocycles. The highest BCUT2D eigenvalue weighted by molar-refractivity contribution is 14.0. The van der Waals surface area contributed by atoms with Crippen LogP contribution in [0.25, 0.3) is 0 Å². The van der Waals surface area contributed by atoms with Crippen LogP contribution in [-0.2, 0) is 11.8 Å². The standard InChI is InChI=1S/C19H26FN5O2.HI/c1-3-21-19(22-7-9-26-17-6-4-5-16(20)11-17)25-8-10-27-18(14-25)15-12-23-24(2)13-15;/h4-6,11-13,18H,3,7-10,14H2,1-2H3,(H,21,22);1H. The summed E-state index contributed by atoms with van der Waals surface area (Å²) < 4.78 is 26.4. The van der Waals surface area contributed by atoms with Crippen molar-refractivity contribution in [2.24, 2.45) is 12.0 Å². The molecule has 1 atom stereocenters. The van der Waals surface area contributed by atoms with Gasteiger partial charge in [0, 0.05) is 38.0 Å². The second-order valence-electron chi connectivity index (χ2n) is 6.29. The van der Waals surface area contributed by atoms with Crippen LogP contribution in [0.4, 0.5) is 4.39 Å². The first kappa shape index (κ1) is 22.4. The average molecular weight is 503 g/mol. The molecule has 0 spiro atoms. The monoisotopic (exact) mass is 503 g/mol. The summed E-state index contributed by atoms with van der Waals surface area (Å²) in [5.74, 6) is 1.04. The van der Waals surface area contributed by atoms with Crippen molar-refractivity contribution in [1.82, 2.24) is 20.0 Å². The smallest absolute Gasteiger partial charge is 0.194 e. The van der Waals surface area contributed by atoms with Crippen molar-refractivity contribution >= 4 is 29.9 Å². The van der Waals surface area contributed by atoms with Gasteiger partial charge in [-0.05, 0) is 19.1 Å². The van der Waals surface area contributed by atoms with E-state index in [9.17, 15) is 4.39 Å². The molecule has 9 heteroatoms. The third-order valence-electron chi connectivity index (χ3n) is 4.22. The summed E-state index contributed by atoms with van der Waals surface area (Å²) in [5.41, 5.74) is 1.06. The number of rotatable bonds is 6. The Hall–Kier alpha value is -1.88. The van der Waals surface area contributed by atoms with Crippen molar-refractivity contribution in [1.29, 1.82) is 0 Å². The maximum absolute atomic E-state index is 13.2. The number of guanidine groups is 1. The Balaban J connectivity index is 0.00000280. The first-order chi connectivity index (χ1) is 13.2. The minimum Gasteiger partial charge on any atom is -0.492 e. The van der Waals surface area contributed by atoms with Gasteiger partial charge in [0.05, 0.1) is 25.9 Å². The number of aliphatic imine (C=N–C) groups is 1. The zero-order valence-corrected chi connectivity index (χ0v) is 18.5. The topological polar surface area (TPSA) is 63.9 Å². The van der Waals surface area contributed by atoms with E-state index >= 15 is 0 Å². The van der Waals surface area contributed by atoms with Gasteiger partial charge in [-0.25, -0.2) is 9.38 Å². The summed E-state index contributed by atoms with van der Waals surface area (Å²) in [6.07, 6.45) is 3.79.